The molecule has 0 atom stereocenters. The summed E-state index contributed by atoms with van der Waals surface area (Å²) in [6, 6.07) is 5.85. The van der Waals surface area contributed by atoms with Crippen LogP contribution in [0.4, 0.5) is 0 Å². The summed E-state index contributed by atoms with van der Waals surface area (Å²) < 4.78 is 5.13. The molecular formula is C13H16O2. The second-order valence-corrected chi connectivity index (χ2v) is 3.55. The summed E-state index contributed by atoms with van der Waals surface area (Å²) in [6.07, 6.45) is 1.64. The molecule has 0 amide bonds. The number of aryl methyl sites for hydroxylation is 2. The Bertz CT molecular complexity index is 367. The van der Waals surface area contributed by atoms with E-state index in [0.29, 0.717) is 6.61 Å². The van der Waals surface area contributed by atoms with Crippen LogP contribution >= 0.6 is 0 Å². The molecule has 0 aliphatic heterocycles. The van der Waals surface area contributed by atoms with Crippen molar-refractivity contribution >= 4 is 5.78 Å². The molecule has 0 radical (unpaired) electrons. The van der Waals surface area contributed by atoms with Gasteiger partial charge in [-0.05, 0) is 25.5 Å². The molecule has 0 bridgehead atoms. The maximum Gasteiger partial charge on any atom is 0.188 e. The molecule has 2 heteroatoms. The Balaban J connectivity index is 2.72. The van der Waals surface area contributed by atoms with Crippen LogP contribution < -0.4 is 0 Å². The number of benzene rings is 1. The van der Waals surface area contributed by atoms with Crippen LogP contribution in [0.2, 0.25) is 0 Å². The van der Waals surface area contributed by atoms with E-state index in [9.17, 15) is 4.79 Å². The van der Waals surface area contributed by atoms with E-state index in [2.05, 4.69) is 6.58 Å². The molecule has 0 aliphatic rings. The van der Waals surface area contributed by atoms with Crippen molar-refractivity contribution in [3.63, 3.8) is 0 Å². The normalized spacial score (nSPS) is 10.0. The molecule has 0 fully saturated rings. The number of ether oxygens (including phenoxy) is 1. The summed E-state index contributed by atoms with van der Waals surface area (Å²) in [5, 5.41) is 0. The lowest BCUT2D eigenvalue weighted by atomic mass is 10.0. The summed E-state index contributed by atoms with van der Waals surface area (Å²) >= 11 is 0. The van der Waals surface area contributed by atoms with Gasteiger partial charge in [0.1, 0.15) is 6.61 Å². The largest absolute Gasteiger partial charge is 0.369 e. The summed E-state index contributed by atoms with van der Waals surface area (Å²) in [7, 11) is 0. The van der Waals surface area contributed by atoms with Crippen LogP contribution in [0.5, 0.6) is 0 Å². The lowest BCUT2D eigenvalue weighted by molar-refractivity contribution is 0.0805. The molecule has 0 aliphatic carbocycles. The number of ketones is 1. The lowest BCUT2D eigenvalue weighted by Crippen LogP contribution is -2.10. The maximum atomic E-state index is 11.7. The van der Waals surface area contributed by atoms with Crippen LogP contribution in [0.1, 0.15) is 21.5 Å². The van der Waals surface area contributed by atoms with Gasteiger partial charge >= 0.3 is 0 Å². The fraction of sp³-hybridized carbons (Fsp3) is 0.308. The van der Waals surface area contributed by atoms with E-state index in [1.54, 1.807) is 6.08 Å². The molecule has 1 aromatic carbocycles. The lowest BCUT2D eigenvalue weighted by Gasteiger charge is -2.06. The van der Waals surface area contributed by atoms with Gasteiger partial charge in [0.2, 0.25) is 0 Å². The Morgan fingerprint density at radius 2 is 2.20 bits per heavy atom. The smallest absolute Gasteiger partial charge is 0.188 e. The van der Waals surface area contributed by atoms with Gasteiger partial charge in [-0.25, -0.2) is 0 Å². The minimum absolute atomic E-state index is 0.0260. The van der Waals surface area contributed by atoms with Crippen LogP contribution in [0.25, 0.3) is 0 Å². The van der Waals surface area contributed by atoms with E-state index in [0.717, 1.165) is 16.7 Å². The minimum Gasteiger partial charge on any atom is -0.369 e. The molecule has 0 aromatic heterocycles. The quantitative estimate of drug-likeness (QED) is 0.419. The summed E-state index contributed by atoms with van der Waals surface area (Å²) in [5.41, 5.74) is 2.83. The van der Waals surface area contributed by atoms with Gasteiger partial charge in [0.25, 0.3) is 0 Å². The minimum atomic E-state index is 0.0260. The number of carbonyl (C=O) groups excluding carboxylic acids is 1. The van der Waals surface area contributed by atoms with Crippen LogP contribution in [0.15, 0.2) is 30.9 Å². The Labute approximate surface area is 90.6 Å². The van der Waals surface area contributed by atoms with Crippen molar-refractivity contribution in [1.29, 1.82) is 0 Å². The van der Waals surface area contributed by atoms with Crippen molar-refractivity contribution in [3.8, 4) is 0 Å². The second-order valence-electron chi connectivity index (χ2n) is 3.55. The highest BCUT2D eigenvalue weighted by atomic mass is 16.5. The number of rotatable bonds is 5. The number of carbonyl (C=O) groups is 1. The predicted octanol–water partition coefficient (Wildman–Crippen LogP) is 2.69. The van der Waals surface area contributed by atoms with Crippen molar-refractivity contribution in [1.82, 2.24) is 0 Å². The monoisotopic (exact) mass is 204 g/mol. The molecule has 15 heavy (non-hydrogen) atoms. The van der Waals surface area contributed by atoms with Gasteiger partial charge in [-0.1, -0.05) is 23.8 Å². The third-order valence-electron chi connectivity index (χ3n) is 2.16. The van der Waals surface area contributed by atoms with Crippen molar-refractivity contribution < 1.29 is 9.53 Å². The standard InChI is InChI=1S/C13H16O2/c1-4-7-15-9-13(14)12-8-10(2)5-6-11(12)3/h4-6,8H,1,7,9H2,2-3H3. The first-order chi connectivity index (χ1) is 7.15. The van der Waals surface area contributed by atoms with Crippen LogP contribution in [-0.2, 0) is 4.74 Å². The van der Waals surface area contributed by atoms with E-state index < -0.39 is 0 Å². The van der Waals surface area contributed by atoms with Gasteiger partial charge < -0.3 is 4.74 Å². The number of hydrogen-bond acceptors (Lipinski definition) is 2. The zero-order valence-corrected chi connectivity index (χ0v) is 9.25. The van der Waals surface area contributed by atoms with Gasteiger partial charge in [0.05, 0.1) is 6.61 Å². The summed E-state index contributed by atoms with van der Waals surface area (Å²) in [4.78, 5) is 11.7. The molecule has 0 saturated heterocycles. The SMILES string of the molecule is C=CCOCC(=O)c1cc(C)ccc1C. The van der Waals surface area contributed by atoms with E-state index in [1.807, 2.05) is 32.0 Å². The first-order valence-corrected chi connectivity index (χ1v) is 4.94. The Kier molecular flexibility index (Phi) is 4.25. The van der Waals surface area contributed by atoms with Crippen LogP contribution in [0.3, 0.4) is 0 Å². The molecule has 2 nitrogen and oxygen atoms in total. The van der Waals surface area contributed by atoms with Gasteiger partial charge in [-0.15, -0.1) is 6.58 Å². The average Bonchev–Trinajstić information content (AvgIpc) is 2.22. The van der Waals surface area contributed by atoms with Crippen molar-refractivity contribution in [2.24, 2.45) is 0 Å². The topological polar surface area (TPSA) is 26.3 Å². The molecule has 0 heterocycles. The van der Waals surface area contributed by atoms with Gasteiger partial charge in [0, 0.05) is 5.56 Å². The average molecular weight is 204 g/mol. The van der Waals surface area contributed by atoms with Crippen LogP contribution in [-0.4, -0.2) is 19.0 Å². The van der Waals surface area contributed by atoms with E-state index in [4.69, 9.17) is 4.74 Å². The molecular weight excluding hydrogens is 188 g/mol. The van der Waals surface area contributed by atoms with Crippen molar-refractivity contribution in [2.75, 3.05) is 13.2 Å². The van der Waals surface area contributed by atoms with Crippen LogP contribution in [0, 0.1) is 13.8 Å². The highest BCUT2D eigenvalue weighted by Gasteiger charge is 2.08. The van der Waals surface area contributed by atoms with E-state index in [-0.39, 0.29) is 12.4 Å². The molecule has 0 N–H and O–H groups in total. The zero-order valence-electron chi connectivity index (χ0n) is 9.25. The molecule has 80 valence electrons. The van der Waals surface area contributed by atoms with Crippen molar-refractivity contribution in [2.45, 2.75) is 13.8 Å². The Morgan fingerprint density at radius 1 is 1.47 bits per heavy atom. The predicted molar refractivity (Wildman–Crippen MR) is 61.3 cm³/mol. The highest BCUT2D eigenvalue weighted by Crippen LogP contribution is 2.11. The first kappa shape index (κ1) is 11.7. The summed E-state index contributed by atoms with van der Waals surface area (Å²) in [6.45, 7) is 7.96. The number of hydrogen-bond donors (Lipinski definition) is 0. The molecule has 1 aromatic rings. The zero-order chi connectivity index (χ0) is 11.3. The third kappa shape index (κ3) is 3.33. The molecule has 0 unspecified atom stereocenters. The van der Waals surface area contributed by atoms with Gasteiger partial charge in [0.15, 0.2) is 5.78 Å². The van der Waals surface area contributed by atoms with Gasteiger partial charge in [-0.3, -0.25) is 4.79 Å². The second kappa shape index (κ2) is 5.47. The van der Waals surface area contributed by atoms with E-state index in [1.165, 1.54) is 0 Å². The van der Waals surface area contributed by atoms with Crippen molar-refractivity contribution in [3.05, 3.63) is 47.5 Å². The fourth-order valence-electron chi connectivity index (χ4n) is 1.35. The number of Topliss-reactive ketones (excluding diaryl/α,β-unsaturated/α-hetero) is 1. The Morgan fingerprint density at radius 3 is 2.87 bits per heavy atom. The fourth-order valence-corrected chi connectivity index (χ4v) is 1.35. The van der Waals surface area contributed by atoms with Gasteiger partial charge in [-0.2, -0.15) is 0 Å². The molecule has 1 rings (SSSR count). The third-order valence-corrected chi connectivity index (χ3v) is 2.16. The molecule has 0 spiro atoms. The Hall–Kier alpha value is -1.41. The highest BCUT2D eigenvalue weighted by molar-refractivity contribution is 5.98. The summed E-state index contributed by atoms with van der Waals surface area (Å²) in [5.74, 6) is 0.0260. The van der Waals surface area contributed by atoms with E-state index >= 15 is 0 Å². The molecule has 0 saturated carbocycles. The first-order valence-electron chi connectivity index (χ1n) is 4.94. The maximum absolute atomic E-state index is 11.7.